The van der Waals surface area contributed by atoms with Gasteiger partial charge in [0.2, 0.25) is 0 Å². The van der Waals surface area contributed by atoms with E-state index in [4.69, 9.17) is 4.42 Å². The molecule has 0 N–H and O–H groups in total. The van der Waals surface area contributed by atoms with Gasteiger partial charge >= 0.3 is 0 Å². The van der Waals surface area contributed by atoms with E-state index in [0.717, 1.165) is 44.4 Å². The first-order chi connectivity index (χ1) is 24.3. The molecule has 10 aromatic rings. The maximum absolute atomic E-state index is 6.33. The van der Waals surface area contributed by atoms with Gasteiger partial charge in [0.1, 0.15) is 11.2 Å². The highest BCUT2D eigenvalue weighted by Gasteiger charge is 2.20. The Morgan fingerprint density at radius 1 is 0.490 bits per heavy atom. The van der Waals surface area contributed by atoms with Crippen LogP contribution in [0.25, 0.3) is 75.1 Å². The number of para-hydroxylation sites is 1. The first kappa shape index (κ1) is 27.8. The Hall–Kier alpha value is -6.23. The number of nitrogens with zero attached hydrogens (tertiary/aromatic N) is 2. The lowest BCUT2D eigenvalue weighted by atomic mass is 9.98. The molecule has 0 unspecified atom stereocenters. The van der Waals surface area contributed by atoms with Crippen LogP contribution in [0.1, 0.15) is 0 Å². The van der Waals surface area contributed by atoms with Gasteiger partial charge < -0.3 is 9.32 Å². The van der Waals surface area contributed by atoms with Crippen molar-refractivity contribution in [3.63, 3.8) is 0 Å². The van der Waals surface area contributed by atoms with Crippen molar-refractivity contribution >= 4 is 81.3 Å². The standard InChI is InChI=1S/C45H28N2OS/c1-2-8-29(9-3-1)30-16-20-34(21-17-30)47(39-12-7-14-41-45(39)37-10-4-5-13-40(37)48-41)35-22-18-31(19-23-35)36-11-6-15-42-44(36)38-26-33-28-46-25-24-32(33)27-43(38)49-42/h1-28H. The van der Waals surface area contributed by atoms with E-state index < -0.39 is 0 Å². The summed E-state index contributed by atoms with van der Waals surface area (Å²) in [5, 5.41) is 7.16. The van der Waals surface area contributed by atoms with Crippen LogP contribution < -0.4 is 4.90 Å². The van der Waals surface area contributed by atoms with Crippen LogP contribution in [0.4, 0.5) is 17.1 Å². The van der Waals surface area contributed by atoms with Crippen LogP contribution in [0.3, 0.4) is 0 Å². The van der Waals surface area contributed by atoms with Crippen LogP contribution in [0, 0.1) is 0 Å². The van der Waals surface area contributed by atoms with Crippen molar-refractivity contribution in [3.05, 3.63) is 170 Å². The molecule has 10 rings (SSSR count). The van der Waals surface area contributed by atoms with Crippen LogP contribution in [0.15, 0.2) is 175 Å². The zero-order valence-electron chi connectivity index (χ0n) is 26.4. The SMILES string of the molecule is c1ccc(-c2ccc(N(c3ccc(-c4cccc5sc6cc7ccncc7cc6c45)cc3)c3cccc4oc5ccccc5c34)cc2)cc1. The van der Waals surface area contributed by atoms with Gasteiger partial charge in [-0.25, -0.2) is 0 Å². The van der Waals surface area contributed by atoms with E-state index in [-0.39, 0.29) is 0 Å². The molecule has 4 heteroatoms. The Kier molecular flexibility index (Phi) is 6.36. The zero-order chi connectivity index (χ0) is 32.3. The molecule has 0 radical (unpaired) electrons. The Bertz CT molecular complexity index is 2810. The summed E-state index contributed by atoms with van der Waals surface area (Å²) in [5.41, 5.74) is 9.81. The first-order valence-electron chi connectivity index (χ1n) is 16.4. The predicted octanol–water partition coefficient (Wildman–Crippen LogP) is 13.3. The minimum atomic E-state index is 0.875. The third-order valence-electron chi connectivity index (χ3n) is 9.55. The highest BCUT2D eigenvalue weighted by atomic mass is 32.1. The number of benzene rings is 7. The monoisotopic (exact) mass is 644 g/mol. The summed E-state index contributed by atoms with van der Waals surface area (Å²) < 4.78 is 8.92. The molecule has 3 heterocycles. The van der Waals surface area contributed by atoms with E-state index in [1.54, 1.807) is 0 Å². The average Bonchev–Trinajstić information content (AvgIpc) is 3.73. The predicted molar refractivity (Wildman–Crippen MR) is 207 cm³/mol. The minimum Gasteiger partial charge on any atom is -0.456 e. The molecule has 230 valence electrons. The van der Waals surface area contributed by atoms with Crippen LogP contribution in [0.5, 0.6) is 0 Å². The quantitative estimate of drug-likeness (QED) is 0.187. The third kappa shape index (κ3) is 4.61. The molecule has 3 aromatic heterocycles. The van der Waals surface area contributed by atoms with Crippen molar-refractivity contribution in [2.24, 2.45) is 0 Å². The zero-order valence-corrected chi connectivity index (χ0v) is 27.2. The normalized spacial score (nSPS) is 11.7. The molecule has 0 fully saturated rings. The molecule has 49 heavy (non-hydrogen) atoms. The van der Waals surface area contributed by atoms with Crippen molar-refractivity contribution < 1.29 is 4.42 Å². The van der Waals surface area contributed by atoms with Crippen molar-refractivity contribution in [1.29, 1.82) is 0 Å². The summed E-state index contributed by atoms with van der Waals surface area (Å²) in [6.07, 6.45) is 3.82. The molecule has 0 aliphatic rings. The van der Waals surface area contributed by atoms with E-state index >= 15 is 0 Å². The molecule has 0 bridgehead atoms. The summed E-state index contributed by atoms with van der Waals surface area (Å²) >= 11 is 1.85. The number of hydrogen-bond donors (Lipinski definition) is 0. The first-order valence-corrected chi connectivity index (χ1v) is 17.3. The van der Waals surface area contributed by atoms with E-state index in [1.165, 1.54) is 47.8 Å². The lowest BCUT2D eigenvalue weighted by Crippen LogP contribution is -2.10. The number of hydrogen-bond acceptors (Lipinski definition) is 4. The number of furan rings is 1. The summed E-state index contributed by atoms with van der Waals surface area (Å²) in [4.78, 5) is 6.74. The number of aromatic nitrogens is 1. The van der Waals surface area contributed by atoms with Crippen molar-refractivity contribution in [2.75, 3.05) is 4.90 Å². The van der Waals surface area contributed by atoms with E-state index in [0.29, 0.717) is 0 Å². The van der Waals surface area contributed by atoms with Gasteiger partial charge in [-0.3, -0.25) is 4.98 Å². The summed E-state index contributed by atoms with van der Waals surface area (Å²) in [5.74, 6) is 0. The second-order valence-electron chi connectivity index (χ2n) is 12.4. The van der Waals surface area contributed by atoms with Gasteiger partial charge in [0.15, 0.2) is 0 Å². The summed E-state index contributed by atoms with van der Waals surface area (Å²) in [7, 11) is 0. The van der Waals surface area contributed by atoms with Crippen molar-refractivity contribution in [1.82, 2.24) is 4.98 Å². The molecule has 0 amide bonds. The number of rotatable bonds is 5. The molecular formula is C45H28N2OS. The Morgan fingerprint density at radius 3 is 2.04 bits per heavy atom. The van der Waals surface area contributed by atoms with Gasteiger partial charge in [-0.15, -0.1) is 11.3 Å². The molecule has 0 aliphatic carbocycles. The van der Waals surface area contributed by atoms with Gasteiger partial charge in [-0.05, 0) is 94.4 Å². The molecule has 0 aliphatic heterocycles. The molecule has 0 saturated carbocycles. The summed E-state index contributed by atoms with van der Waals surface area (Å²) in [6, 6.07) is 56.4. The fraction of sp³-hybridized carbons (Fsp3) is 0. The van der Waals surface area contributed by atoms with E-state index in [1.807, 2.05) is 35.9 Å². The van der Waals surface area contributed by atoms with Crippen LogP contribution in [-0.4, -0.2) is 4.98 Å². The maximum atomic E-state index is 6.33. The Balaban J connectivity index is 1.13. The third-order valence-corrected chi connectivity index (χ3v) is 10.7. The summed E-state index contributed by atoms with van der Waals surface area (Å²) in [6.45, 7) is 0. The molecule has 0 atom stereocenters. The number of anilines is 3. The van der Waals surface area contributed by atoms with Gasteiger partial charge in [0.25, 0.3) is 0 Å². The van der Waals surface area contributed by atoms with Gasteiger partial charge in [-0.2, -0.15) is 0 Å². The second-order valence-corrected chi connectivity index (χ2v) is 13.5. The van der Waals surface area contributed by atoms with Crippen molar-refractivity contribution in [3.8, 4) is 22.3 Å². The van der Waals surface area contributed by atoms with Crippen LogP contribution in [0.2, 0.25) is 0 Å². The molecular weight excluding hydrogens is 617 g/mol. The number of pyridine rings is 1. The highest BCUT2D eigenvalue weighted by molar-refractivity contribution is 7.26. The van der Waals surface area contributed by atoms with Gasteiger partial charge in [0.05, 0.1) is 11.1 Å². The topological polar surface area (TPSA) is 29.3 Å². The average molecular weight is 645 g/mol. The van der Waals surface area contributed by atoms with Crippen molar-refractivity contribution in [2.45, 2.75) is 0 Å². The molecule has 0 saturated heterocycles. The van der Waals surface area contributed by atoms with E-state index in [2.05, 4.69) is 155 Å². The smallest absolute Gasteiger partial charge is 0.137 e. The Labute approximate surface area is 286 Å². The number of fused-ring (bicyclic) bond motifs is 7. The maximum Gasteiger partial charge on any atom is 0.137 e. The molecule has 3 nitrogen and oxygen atoms in total. The highest BCUT2D eigenvalue weighted by Crippen LogP contribution is 2.45. The largest absolute Gasteiger partial charge is 0.456 e. The fourth-order valence-corrected chi connectivity index (χ4v) is 8.40. The Morgan fingerprint density at radius 2 is 1.20 bits per heavy atom. The van der Waals surface area contributed by atoms with E-state index in [9.17, 15) is 0 Å². The molecule has 7 aromatic carbocycles. The lowest BCUT2D eigenvalue weighted by molar-refractivity contribution is 0.669. The minimum absolute atomic E-state index is 0.875. The fourth-order valence-electron chi connectivity index (χ4n) is 7.24. The lowest BCUT2D eigenvalue weighted by Gasteiger charge is -2.26. The molecule has 0 spiro atoms. The van der Waals surface area contributed by atoms with Gasteiger partial charge in [0, 0.05) is 54.7 Å². The van der Waals surface area contributed by atoms with Crippen LogP contribution in [-0.2, 0) is 0 Å². The van der Waals surface area contributed by atoms with Gasteiger partial charge in [-0.1, -0.05) is 91.0 Å². The second kappa shape index (κ2) is 11.2. The van der Waals surface area contributed by atoms with Crippen LogP contribution >= 0.6 is 11.3 Å². The number of thiophene rings is 1.